The van der Waals surface area contributed by atoms with E-state index >= 15 is 0 Å². The number of amides is 1. The number of hydrogen-bond donors (Lipinski definition) is 2. The van der Waals surface area contributed by atoms with Crippen LogP contribution in [0.3, 0.4) is 0 Å². The Morgan fingerprint density at radius 3 is 2.52 bits per heavy atom. The molecule has 0 radical (unpaired) electrons. The standard InChI is InChI=1S/C18H22FN3O6S3/c1-13(21-30(24,25)16-5-3-2-4-15(16)19)18(23)20-12-14-6-7-17(29-14)31(26,27)22-8-10-28-11-9-22/h2-7,13,21H,8-12H2,1H3,(H,20,23)/t13-/m1/s1. The van der Waals surface area contributed by atoms with Crippen LogP contribution in [0.4, 0.5) is 4.39 Å². The minimum absolute atomic E-state index is 0.0217. The number of ether oxygens (including phenoxy) is 1. The highest BCUT2D eigenvalue weighted by molar-refractivity contribution is 7.91. The Kier molecular flexibility index (Phi) is 7.44. The number of nitrogens with one attached hydrogen (secondary N) is 2. The molecule has 0 bridgehead atoms. The van der Waals surface area contributed by atoms with Crippen molar-refractivity contribution in [1.29, 1.82) is 0 Å². The summed E-state index contributed by atoms with van der Waals surface area (Å²) in [7, 11) is -7.85. The van der Waals surface area contributed by atoms with E-state index in [9.17, 15) is 26.0 Å². The number of hydrogen-bond acceptors (Lipinski definition) is 7. The van der Waals surface area contributed by atoms with Crippen LogP contribution in [0.1, 0.15) is 11.8 Å². The molecule has 2 N–H and O–H groups in total. The maximum absolute atomic E-state index is 13.8. The highest BCUT2D eigenvalue weighted by Gasteiger charge is 2.28. The van der Waals surface area contributed by atoms with Crippen molar-refractivity contribution < 1.29 is 30.8 Å². The van der Waals surface area contributed by atoms with E-state index < -0.39 is 42.7 Å². The molecule has 0 aliphatic carbocycles. The molecule has 1 fully saturated rings. The SMILES string of the molecule is C[C@@H](NS(=O)(=O)c1ccccc1F)C(=O)NCc1ccc(S(=O)(=O)N2CCOCC2)s1. The van der Waals surface area contributed by atoms with Gasteiger partial charge in [-0.3, -0.25) is 4.79 Å². The number of sulfonamides is 2. The van der Waals surface area contributed by atoms with E-state index in [0.29, 0.717) is 18.1 Å². The molecule has 2 heterocycles. The molecule has 9 nitrogen and oxygen atoms in total. The van der Waals surface area contributed by atoms with Gasteiger partial charge >= 0.3 is 0 Å². The molecular weight excluding hydrogens is 469 g/mol. The summed E-state index contributed by atoms with van der Waals surface area (Å²) in [6.07, 6.45) is 0. The van der Waals surface area contributed by atoms with Crippen LogP contribution in [-0.2, 0) is 36.1 Å². The van der Waals surface area contributed by atoms with Crippen molar-refractivity contribution in [2.75, 3.05) is 26.3 Å². The van der Waals surface area contributed by atoms with Gasteiger partial charge in [0, 0.05) is 18.0 Å². The lowest BCUT2D eigenvalue weighted by Crippen LogP contribution is -2.44. The molecule has 1 aromatic heterocycles. The predicted molar refractivity (Wildman–Crippen MR) is 112 cm³/mol. The number of halogens is 1. The van der Waals surface area contributed by atoms with Crippen LogP contribution < -0.4 is 10.0 Å². The number of morpholine rings is 1. The van der Waals surface area contributed by atoms with E-state index in [-0.39, 0.29) is 23.8 Å². The number of rotatable bonds is 8. The lowest BCUT2D eigenvalue weighted by molar-refractivity contribution is -0.122. The van der Waals surface area contributed by atoms with E-state index in [2.05, 4.69) is 10.0 Å². The number of benzene rings is 1. The molecule has 1 aromatic carbocycles. The number of carbonyl (C=O) groups is 1. The van der Waals surface area contributed by atoms with Crippen LogP contribution in [0.5, 0.6) is 0 Å². The van der Waals surface area contributed by atoms with Gasteiger partial charge in [-0.2, -0.15) is 9.03 Å². The Bertz CT molecular complexity index is 1140. The van der Waals surface area contributed by atoms with E-state index in [1.54, 1.807) is 6.07 Å². The fraction of sp³-hybridized carbons (Fsp3) is 0.389. The summed E-state index contributed by atoms with van der Waals surface area (Å²) in [6, 6.07) is 6.75. The van der Waals surface area contributed by atoms with Gasteiger partial charge in [-0.05, 0) is 31.2 Å². The summed E-state index contributed by atoms with van der Waals surface area (Å²) in [5, 5.41) is 2.55. The van der Waals surface area contributed by atoms with Crippen LogP contribution in [-0.4, -0.2) is 59.4 Å². The molecule has 0 unspecified atom stereocenters. The third-order valence-corrected chi connectivity index (χ3v) is 9.51. The lowest BCUT2D eigenvalue weighted by Gasteiger charge is -2.25. The first-order valence-corrected chi connectivity index (χ1v) is 13.1. The smallest absolute Gasteiger partial charge is 0.252 e. The van der Waals surface area contributed by atoms with Crippen LogP contribution in [0.2, 0.25) is 0 Å². The molecule has 1 aliphatic rings. The van der Waals surface area contributed by atoms with Gasteiger partial charge in [-0.1, -0.05) is 12.1 Å². The number of nitrogens with zero attached hydrogens (tertiary/aromatic N) is 1. The van der Waals surface area contributed by atoms with Gasteiger partial charge in [0.2, 0.25) is 15.9 Å². The van der Waals surface area contributed by atoms with Crippen molar-refractivity contribution in [3.63, 3.8) is 0 Å². The minimum Gasteiger partial charge on any atom is -0.379 e. The largest absolute Gasteiger partial charge is 0.379 e. The lowest BCUT2D eigenvalue weighted by atomic mass is 10.3. The Morgan fingerprint density at radius 1 is 1.16 bits per heavy atom. The Morgan fingerprint density at radius 2 is 1.84 bits per heavy atom. The van der Waals surface area contributed by atoms with Crippen molar-refractivity contribution in [2.24, 2.45) is 0 Å². The van der Waals surface area contributed by atoms with Gasteiger partial charge in [-0.15, -0.1) is 11.3 Å². The quantitative estimate of drug-likeness (QED) is 0.566. The van der Waals surface area contributed by atoms with Gasteiger partial charge in [0.05, 0.1) is 25.8 Å². The van der Waals surface area contributed by atoms with Crippen LogP contribution >= 0.6 is 11.3 Å². The molecular formula is C18H22FN3O6S3. The maximum Gasteiger partial charge on any atom is 0.252 e. The van der Waals surface area contributed by atoms with Crippen molar-refractivity contribution in [3.8, 4) is 0 Å². The molecule has 1 atom stereocenters. The molecule has 1 aliphatic heterocycles. The fourth-order valence-corrected chi connectivity index (χ4v) is 6.99. The fourth-order valence-electron chi connectivity index (χ4n) is 2.85. The average molecular weight is 492 g/mol. The van der Waals surface area contributed by atoms with E-state index in [1.165, 1.54) is 29.4 Å². The van der Waals surface area contributed by atoms with Crippen LogP contribution in [0, 0.1) is 5.82 Å². The Labute approximate surface area is 184 Å². The molecule has 31 heavy (non-hydrogen) atoms. The molecule has 13 heteroatoms. The highest BCUT2D eigenvalue weighted by atomic mass is 32.2. The number of thiophene rings is 1. The first-order valence-electron chi connectivity index (χ1n) is 9.32. The van der Waals surface area contributed by atoms with Gasteiger partial charge < -0.3 is 10.1 Å². The van der Waals surface area contributed by atoms with Gasteiger partial charge in [0.15, 0.2) is 0 Å². The molecule has 0 saturated carbocycles. The second kappa shape index (κ2) is 9.71. The van der Waals surface area contributed by atoms with E-state index in [1.807, 2.05) is 0 Å². The predicted octanol–water partition coefficient (Wildman–Crippen LogP) is 0.891. The second-order valence-corrected chi connectivity index (χ2v) is 11.7. The summed E-state index contributed by atoms with van der Waals surface area (Å²) >= 11 is 1.03. The van der Waals surface area contributed by atoms with Gasteiger partial charge in [-0.25, -0.2) is 21.2 Å². The third-order valence-electron chi connectivity index (χ3n) is 4.49. The van der Waals surface area contributed by atoms with Crippen molar-refractivity contribution in [2.45, 2.75) is 28.6 Å². The van der Waals surface area contributed by atoms with Crippen LogP contribution in [0.15, 0.2) is 45.5 Å². The molecule has 0 spiro atoms. The minimum atomic E-state index is -4.22. The monoisotopic (exact) mass is 491 g/mol. The summed E-state index contributed by atoms with van der Waals surface area (Å²) in [5.41, 5.74) is 0. The van der Waals surface area contributed by atoms with Gasteiger partial charge in [0.25, 0.3) is 10.0 Å². The molecule has 170 valence electrons. The zero-order valence-electron chi connectivity index (χ0n) is 16.6. The summed E-state index contributed by atoms with van der Waals surface area (Å²) in [5.74, 6) is -1.55. The molecule has 2 aromatic rings. The average Bonchev–Trinajstić information content (AvgIpc) is 3.22. The van der Waals surface area contributed by atoms with Gasteiger partial charge in [0.1, 0.15) is 14.9 Å². The topological polar surface area (TPSA) is 122 Å². The van der Waals surface area contributed by atoms with E-state index in [0.717, 1.165) is 23.5 Å². The number of carbonyl (C=O) groups excluding carboxylic acids is 1. The Hall–Kier alpha value is -1.90. The summed E-state index contributed by atoms with van der Waals surface area (Å²) in [4.78, 5) is 12.3. The van der Waals surface area contributed by atoms with Crippen LogP contribution in [0.25, 0.3) is 0 Å². The first kappa shape index (κ1) is 23.8. The third kappa shape index (κ3) is 5.67. The molecule has 1 amide bonds. The zero-order valence-corrected chi connectivity index (χ0v) is 19.0. The van der Waals surface area contributed by atoms with Crippen molar-refractivity contribution >= 4 is 37.3 Å². The first-order chi connectivity index (χ1) is 14.6. The molecule has 1 saturated heterocycles. The maximum atomic E-state index is 13.8. The summed E-state index contributed by atoms with van der Waals surface area (Å²) < 4.78 is 72.5. The van der Waals surface area contributed by atoms with Crippen molar-refractivity contribution in [1.82, 2.24) is 14.3 Å². The normalized spacial score (nSPS) is 16.7. The Balaban J connectivity index is 1.59. The summed E-state index contributed by atoms with van der Waals surface area (Å²) in [6.45, 7) is 2.60. The van der Waals surface area contributed by atoms with Crippen molar-refractivity contribution in [3.05, 3.63) is 47.1 Å². The van der Waals surface area contributed by atoms with E-state index in [4.69, 9.17) is 4.74 Å². The molecule has 3 rings (SSSR count). The zero-order chi connectivity index (χ0) is 22.6. The second-order valence-electron chi connectivity index (χ2n) is 6.73. The highest BCUT2D eigenvalue weighted by Crippen LogP contribution is 2.25.